The molecule has 0 aromatic rings. The monoisotopic (exact) mass is 472 g/mol. The third kappa shape index (κ3) is 7.03. The van der Waals surface area contributed by atoms with Crippen LogP contribution < -0.4 is 10.0 Å². The lowest BCUT2D eigenvalue weighted by atomic mass is 9.86. The van der Waals surface area contributed by atoms with Gasteiger partial charge in [0, 0.05) is 33.2 Å². The van der Waals surface area contributed by atoms with Crippen LogP contribution in [0.3, 0.4) is 0 Å². The molecule has 1 heterocycles. The van der Waals surface area contributed by atoms with Crippen LogP contribution in [0.1, 0.15) is 39.5 Å². The summed E-state index contributed by atoms with van der Waals surface area (Å²) in [5.41, 5.74) is 0. The van der Waals surface area contributed by atoms with Crippen LogP contribution in [-0.4, -0.2) is 58.3 Å². The lowest BCUT2D eigenvalue weighted by molar-refractivity contribution is 0.209. The van der Waals surface area contributed by atoms with Crippen LogP contribution in [0, 0.1) is 17.8 Å². The molecule has 1 saturated heterocycles. The molecule has 2 aliphatic rings. The van der Waals surface area contributed by atoms with Crippen LogP contribution in [0.5, 0.6) is 0 Å². The second kappa shape index (κ2) is 10.2. The fourth-order valence-corrected chi connectivity index (χ4v) is 4.48. The summed E-state index contributed by atoms with van der Waals surface area (Å²) in [6, 6.07) is 0. The number of hydrogen-bond donors (Lipinski definition) is 2. The molecule has 2 N–H and O–H groups in total. The average molecular weight is 472 g/mol. The van der Waals surface area contributed by atoms with Gasteiger partial charge in [0.1, 0.15) is 0 Å². The molecule has 6 nitrogen and oxygen atoms in total. The van der Waals surface area contributed by atoms with E-state index in [0.29, 0.717) is 30.8 Å². The zero-order chi connectivity index (χ0) is 16.9. The van der Waals surface area contributed by atoms with Gasteiger partial charge in [-0.2, -0.15) is 0 Å². The maximum atomic E-state index is 12.0. The number of aliphatic imine (C=N–C) groups is 1. The van der Waals surface area contributed by atoms with Gasteiger partial charge < -0.3 is 10.2 Å². The molecule has 1 aliphatic carbocycles. The van der Waals surface area contributed by atoms with E-state index >= 15 is 0 Å². The van der Waals surface area contributed by atoms with Crippen LogP contribution in [0.15, 0.2) is 4.99 Å². The molecule has 1 saturated carbocycles. The molecule has 0 aromatic carbocycles. The molecule has 2 fully saturated rings. The summed E-state index contributed by atoms with van der Waals surface area (Å²) in [6.07, 6.45) is 4.78. The number of likely N-dealkylation sites (tertiary alicyclic amines) is 1. The first kappa shape index (κ1) is 22.0. The number of nitrogens with zero attached hydrogens (tertiary/aromatic N) is 2. The molecule has 2 atom stereocenters. The van der Waals surface area contributed by atoms with Gasteiger partial charge in [-0.3, -0.25) is 4.99 Å². The maximum Gasteiger partial charge on any atom is 0.213 e. The minimum absolute atomic E-state index is 0. The molecule has 24 heavy (non-hydrogen) atoms. The molecule has 0 spiro atoms. The molecule has 0 amide bonds. The predicted molar refractivity (Wildman–Crippen MR) is 110 cm³/mol. The van der Waals surface area contributed by atoms with E-state index < -0.39 is 10.0 Å². The van der Waals surface area contributed by atoms with Crippen molar-refractivity contribution in [3.63, 3.8) is 0 Å². The van der Waals surface area contributed by atoms with E-state index in [-0.39, 0.29) is 29.7 Å². The number of hydrogen-bond acceptors (Lipinski definition) is 3. The van der Waals surface area contributed by atoms with Gasteiger partial charge in [-0.25, -0.2) is 13.1 Å². The van der Waals surface area contributed by atoms with Gasteiger partial charge in [0.25, 0.3) is 0 Å². The molecule has 1 aliphatic heterocycles. The Morgan fingerprint density at radius 1 is 1.21 bits per heavy atom. The standard InChI is InChI=1S/C16H32N4O2S.HI/c1-13-9-14(2)12-20(11-13)16(17-3)18-7-8-23(21,22)19-10-15-5-4-6-15;/h13-15,19H,4-12H2,1-3H3,(H,17,18);1H. The topological polar surface area (TPSA) is 73.8 Å². The Morgan fingerprint density at radius 2 is 1.83 bits per heavy atom. The van der Waals surface area contributed by atoms with Crippen LogP contribution in [-0.2, 0) is 10.0 Å². The Labute approximate surface area is 164 Å². The number of halogens is 1. The molecule has 2 unspecified atom stereocenters. The highest BCUT2D eigenvalue weighted by molar-refractivity contribution is 14.0. The summed E-state index contributed by atoms with van der Waals surface area (Å²) in [5, 5.41) is 3.21. The second-order valence-corrected chi connectivity index (χ2v) is 9.22. The Hall–Kier alpha value is -0.0900. The normalized spacial score (nSPS) is 25.8. The van der Waals surface area contributed by atoms with E-state index in [1.54, 1.807) is 7.05 Å². The summed E-state index contributed by atoms with van der Waals surface area (Å²) in [6.45, 7) is 7.47. The lowest BCUT2D eigenvalue weighted by Crippen LogP contribution is -2.49. The van der Waals surface area contributed by atoms with E-state index in [4.69, 9.17) is 0 Å². The van der Waals surface area contributed by atoms with E-state index in [1.165, 1.54) is 12.8 Å². The summed E-state index contributed by atoms with van der Waals surface area (Å²) in [7, 11) is -1.44. The van der Waals surface area contributed by atoms with Gasteiger partial charge in [-0.05, 0) is 37.0 Å². The van der Waals surface area contributed by atoms with Gasteiger partial charge in [0.05, 0.1) is 5.75 Å². The van der Waals surface area contributed by atoms with E-state index in [2.05, 4.69) is 33.8 Å². The van der Waals surface area contributed by atoms with Crippen molar-refractivity contribution in [2.75, 3.05) is 39.0 Å². The third-order valence-corrected chi connectivity index (χ3v) is 6.20. The van der Waals surface area contributed by atoms with Gasteiger partial charge in [0.2, 0.25) is 10.0 Å². The molecular formula is C16H33IN4O2S. The Balaban J connectivity index is 0.00000288. The van der Waals surface area contributed by atoms with Crippen molar-refractivity contribution in [2.45, 2.75) is 39.5 Å². The quantitative estimate of drug-likeness (QED) is 0.352. The molecule has 0 bridgehead atoms. The molecule has 2 rings (SSSR count). The first-order chi connectivity index (χ1) is 10.9. The lowest BCUT2D eigenvalue weighted by Gasteiger charge is -2.37. The average Bonchev–Trinajstić information content (AvgIpc) is 2.40. The molecule has 142 valence electrons. The highest BCUT2D eigenvalue weighted by atomic mass is 127. The Bertz CT molecular complexity index is 498. The smallest absolute Gasteiger partial charge is 0.213 e. The van der Waals surface area contributed by atoms with Crippen molar-refractivity contribution in [3.05, 3.63) is 0 Å². The SMILES string of the molecule is CN=C(NCCS(=O)(=O)NCC1CCC1)N1CC(C)CC(C)C1.I. The molecule has 0 aromatic heterocycles. The van der Waals surface area contributed by atoms with E-state index in [0.717, 1.165) is 31.9 Å². The Morgan fingerprint density at radius 3 is 2.33 bits per heavy atom. The predicted octanol–water partition coefficient (Wildman–Crippen LogP) is 1.88. The van der Waals surface area contributed by atoms with Crippen molar-refractivity contribution in [1.29, 1.82) is 0 Å². The second-order valence-electron chi connectivity index (χ2n) is 7.29. The summed E-state index contributed by atoms with van der Waals surface area (Å²) < 4.78 is 26.8. The van der Waals surface area contributed by atoms with Gasteiger partial charge in [0.15, 0.2) is 5.96 Å². The maximum absolute atomic E-state index is 12.0. The molecule has 0 radical (unpaired) electrons. The van der Waals surface area contributed by atoms with Crippen molar-refractivity contribution >= 4 is 40.0 Å². The zero-order valence-corrected chi connectivity index (χ0v) is 18.3. The van der Waals surface area contributed by atoms with Crippen LogP contribution >= 0.6 is 24.0 Å². The van der Waals surface area contributed by atoms with Gasteiger partial charge in [-0.15, -0.1) is 24.0 Å². The van der Waals surface area contributed by atoms with Crippen molar-refractivity contribution in [2.24, 2.45) is 22.7 Å². The highest BCUT2D eigenvalue weighted by Crippen LogP contribution is 2.25. The van der Waals surface area contributed by atoms with Gasteiger partial charge in [-0.1, -0.05) is 20.3 Å². The van der Waals surface area contributed by atoms with E-state index in [1.807, 2.05) is 0 Å². The van der Waals surface area contributed by atoms with Crippen LogP contribution in [0.25, 0.3) is 0 Å². The first-order valence-corrected chi connectivity index (χ1v) is 10.5. The largest absolute Gasteiger partial charge is 0.355 e. The van der Waals surface area contributed by atoms with Crippen LogP contribution in [0.2, 0.25) is 0 Å². The Kier molecular flexibility index (Phi) is 9.29. The van der Waals surface area contributed by atoms with Crippen molar-refractivity contribution < 1.29 is 8.42 Å². The number of guanidine groups is 1. The summed E-state index contributed by atoms with van der Waals surface area (Å²) >= 11 is 0. The zero-order valence-electron chi connectivity index (χ0n) is 15.1. The summed E-state index contributed by atoms with van der Waals surface area (Å²) in [4.78, 5) is 6.56. The minimum atomic E-state index is -3.20. The van der Waals surface area contributed by atoms with Crippen LogP contribution in [0.4, 0.5) is 0 Å². The fourth-order valence-electron chi connectivity index (χ4n) is 3.48. The minimum Gasteiger partial charge on any atom is -0.355 e. The molecule has 8 heteroatoms. The number of sulfonamides is 1. The van der Waals surface area contributed by atoms with Crippen molar-refractivity contribution in [1.82, 2.24) is 14.9 Å². The number of piperidine rings is 1. The highest BCUT2D eigenvalue weighted by Gasteiger charge is 2.24. The van der Waals surface area contributed by atoms with Gasteiger partial charge >= 0.3 is 0 Å². The third-order valence-electron chi connectivity index (χ3n) is 4.85. The van der Waals surface area contributed by atoms with Crippen molar-refractivity contribution in [3.8, 4) is 0 Å². The fraction of sp³-hybridized carbons (Fsp3) is 0.938. The molecular weight excluding hydrogens is 439 g/mol. The number of nitrogens with one attached hydrogen (secondary N) is 2. The number of rotatable bonds is 6. The van der Waals surface area contributed by atoms with E-state index in [9.17, 15) is 8.42 Å². The first-order valence-electron chi connectivity index (χ1n) is 8.82. The summed E-state index contributed by atoms with van der Waals surface area (Å²) in [5.74, 6) is 2.74.